The minimum Gasteiger partial charge on any atom is -0.462 e. The van der Waals surface area contributed by atoms with Crippen LogP contribution >= 0.6 is 34.5 Å². The van der Waals surface area contributed by atoms with Crippen LogP contribution < -0.4 is 20.4 Å². The molecule has 0 radical (unpaired) electrons. The zero-order valence-corrected chi connectivity index (χ0v) is 25.3. The molecule has 220 valence electrons. The number of thiazole rings is 1. The lowest BCUT2D eigenvalue weighted by Gasteiger charge is -2.37. The number of nitrogens with zero attached hydrogens (tertiary/aromatic N) is 5. The fourth-order valence-corrected chi connectivity index (χ4v) is 6.34. The van der Waals surface area contributed by atoms with Crippen molar-refractivity contribution >= 4 is 57.4 Å². The molecule has 1 amide bonds. The molecular formula is C26H32Cl2N8O4S. The van der Waals surface area contributed by atoms with Crippen LogP contribution in [-0.2, 0) is 9.47 Å². The van der Waals surface area contributed by atoms with Crippen molar-refractivity contribution in [3.05, 3.63) is 38.7 Å². The Morgan fingerprint density at radius 2 is 1.93 bits per heavy atom. The minimum absolute atomic E-state index is 0.193. The normalized spacial score (nSPS) is 19.3. The van der Waals surface area contributed by atoms with Crippen molar-refractivity contribution in [2.24, 2.45) is 0 Å². The van der Waals surface area contributed by atoms with E-state index < -0.39 is 5.97 Å². The van der Waals surface area contributed by atoms with Crippen LogP contribution in [0.3, 0.4) is 0 Å². The molecule has 0 unspecified atom stereocenters. The second-order valence-electron chi connectivity index (χ2n) is 9.73. The molecule has 2 aliphatic rings. The molecule has 3 aromatic rings. The summed E-state index contributed by atoms with van der Waals surface area (Å²) in [7, 11) is 1.60. The van der Waals surface area contributed by atoms with Gasteiger partial charge in [-0.2, -0.15) is 0 Å². The van der Waals surface area contributed by atoms with Crippen LogP contribution in [0.25, 0.3) is 11.4 Å². The van der Waals surface area contributed by atoms with E-state index >= 15 is 0 Å². The molecule has 3 aromatic heterocycles. The van der Waals surface area contributed by atoms with Crippen LogP contribution in [0.4, 0.5) is 10.9 Å². The molecule has 2 atom stereocenters. The number of aromatic nitrogens is 4. The number of hydrogen-bond acceptors (Lipinski definition) is 11. The van der Waals surface area contributed by atoms with Crippen LogP contribution in [0.15, 0.2) is 12.4 Å². The van der Waals surface area contributed by atoms with Gasteiger partial charge in [-0.1, -0.05) is 34.5 Å². The number of rotatable bonds is 8. The van der Waals surface area contributed by atoms with Crippen molar-refractivity contribution in [1.29, 1.82) is 0 Å². The number of amides is 1. The summed E-state index contributed by atoms with van der Waals surface area (Å²) >= 11 is 13.6. The summed E-state index contributed by atoms with van der Waals surface area (Å²) in [4.78, 5) is 47.4. The van der Waals surface area contributed by atoms with Gasteiger partial charge >= 0.3 is 5.97 Å². The molecule has 12 nitrogen and oxygen atoms in total. The highest BCUT2D eigenvalue weighted by molar-refractivity contribution is 7.17. The molecule has 2 fully saturated rings. The SMILES string of the molecule is CCOC(=O)c1sc(N2CC[C@@H](NC(=O)c3[nH]c(C)c(Cl)c3Cl)[C@@H](OC)C2)nc1-c1cnc(N2CCNCC2)cn1. The fourth-order valence-electron chi connectivity index (χ4n) is 4.92. The molecule has 0 spiro atoms. The quantitative estimate of drug-likeness (QED) is 0.321. The summed E-state index contributed by atoms with van der Waals surface area (Å²) in [5.41, 5.74) is 1.77. The predicted octanol–water partition coefficient (Wildman–Crippen LogP) is 3.15. The Hall–Kier alpha value is -2.97. The zero-order valence-electron chi connectivity index (χ0n) is 23.0. The Balaban J connectivity index is 1.34. The standard InChI is InChI=1S/C26H32Cl2N8O4S/c1-4-40-25(38)23-21(16-11-31-18(12-30-16)35-9-6-29-7-10-35)34-26(41-23)36-8-5-15(17(13-36)39-3)33-24(37)22-20(28)19(27)14(2)32-22/h11-12,15,17,29,32H,4-10,13H2,1-3H3,(H,33,37)/t15-,17+/m1/s1. The highest BCUT2D eigenvalue weighted by Crippen LogP contribution is 2.35. The minimum atomic E-state index is -0.457. The highest BCUT2D eigenvalue weighted by atomic mass is 35.5. The third-order valence-electron chi connectivity index (χ3n) is 7.13. The van der Waals surface area contributed by atoms with E-state index in [0.717, 1.165) is 32.0 Å². The van der Waals surface area contributed by atoms with E-state index in [4.69, 9.17) is 37.7 Å². The summed E-state index contributed by atoms with van der Waals surface area (Å²) in [5.74, 6) is -0.0237. The number of carbonyl (C=O) groups is 2. The highest BCUT2D eigenvalue weighted by Gasteiger charge is 2.34. The van der Waals surface area contributed by atoms with Gasteiger partial charge in [0.2, 0.25) is 0 Å². The largest absolute Gasteiger partial charge is 0.462 e. The molecule has 41 heavy (non-hydrogen) atoms. The monoisotopic (exact) mass is 622 g/mol. The van der Waals surface area contributed by atoms with E-state index in [1.165, 1.54) is 11.3 Å². The molecule has 0 aromatic carbocycles. The Bertz CT molecular complexity index is 1390. The van der Waals surface area contributed by atoms with E-state index in [-0.39, 0.29) is 35.4 Å². The topological polar surface area (TPSA) is 138 Å². The molecule has 5 rings (SSSR count). The first kappa shape index (κ1) is 29.5. The van der Waals surface area contributed by atoms with Gasteiger partial charge in [0.05, 0.1) is 41.2 Å². The third kappa shape index (κ3) is 6.28. The number of halogens is 2. The molecule has 0 aliphatic carbocycles. The van der Waals surface area contributed by atoms with Crippen molar-refractivity contribution in [3.8, 4) is 11.4 Å². The van der Waals surface area contributed by atoms with Crippen molar-refractivity contribution < 1.29 is 19.1 Å². The first-order valence-electron chi connectivity index (χ1n) is 13.4. The molecule has 0 saturated carbocycles. The maximum absolute atomic E-state index is 12.9. The number of esters is 1. The Morgan fingerprint density at radius 3 is 2.56 bits per heavy atom. The van der Waals surface area contributed by atoms with Crippen LogP contribution in [-0.4, -0.2) is 96.9 Å². The number of nitrogens with one attached hydrogen (secondary N) is 3. The number of hydrogen-bond donors (Lipinski definition) is 3. The molecular weight excluding hydrogens is 591 g/mol. The maximum atomic E-state index is 12.9. The summed E-state index contributed by atoms with van der Waals surface area (Å²) in [5, 5.41) is 7.50. The van der Waals surface area contributed by atoms with Crippen LogP contribution in [0.1, 0.15) is 39.2 Å². The van der Waals surface area contributed by atoms with Gasteiger partial charge in [0.25, 0.3) is 5.91 Å². The van der Waals surface area contributed by atoms with E-state index in [0.29, 0.717) is 51.6 Å². The summed E-state index contributed by atoms with van der Waals surface area (Å²) < 4.78 is 11.1. The molecule has 2 aliphatic heterocycles. The summed E-state index contributed by atoms with van der Waals surface area (Å²) in [6.45, 7) is 8.27. The lowest BCUT2D eigenvalue weighted by molar-refractivity contribution is 0.0531. The van der Waals surface area contributed by atoms with Gasteiger partial charge in [-0.05, 0) is 20.3 Å². The lowest BCUT2D eigenvalue weighted by Crippen LogP contribution is -2.55. The van der Waals surface area contributed by atoms with Crippen LogP contribution in [0, 0.1) is 6.92 Å². The lowest BCUT2D eigenvalue weighted by atomic mass is 10.0. The number of anilines is 2. The van der Waals surface area contributed by atoms with Gasteiger partial charge in [-0.25, -0.2) is 19.7 Å². The van der Waals surface area contributed by atoms with Crippen molar-refractivity contribution in [2.45, 2.75) is 32.4 Å². The van der Waals surface area contributed by atoms with E-state index in [1.54, 1.807) is 33.4 Å². The second-order valence-corrected chi connectivity index (χ2v) is 11.5. The van der Waals surface area contributed by atoms with Gasteiger partial charge in [0.1, 0.15) is 27.8 Å². The van der Waals surface area contributed by atoms with E-state index in [9.17, 15) is 9.59 Å². The van der Waals surface area contributed by atoms with Gasteiger partial charge in [0.15, 0.2) is 5.13 Å². The van der Waals surface area contributed by atoms with E-state index in [1.807, 2.05) is 4.90 Å². The molecule has 2 saturated heterocycles. The first-order valence-corrected chi connectivity index (χ1v) is 15.0. The van der Waals surface area contributed by atoms with Gasteiger partial charge in [-0.15, -0.1) is 0 Å². The van der Waals surface area contributed by atoms with Gasteiger partial charge < -0.3 is 34.9 Å². The van der Waals surface area contributed by atoms with Gasteiger partial charge in [0, 0.05) is 52.1 Å². The van der Waals surface area contributed by atoms with Gasteiger partial charge in [-0.3, -0.25) is 4.79 Å². The number of ether oxygens (including phenoxy) is 2. The van der Waals surface area contributed by atoms with Crippen molar-refractivity contribution in [3.63, 3.8) is 0 Å². The summed E-state index contributed by atoms with van der Waals surface area (Å²) in [6, 6.07) is -0.269. The summed E-state index contributed by atoms with van der Waals surface area (Å²) in [6.07, 6.45) is 3.61. The van der Waals surface area contributed by atoms with Crippen LogP contribution in [0.2, 0.25) is 10.0 Å². The van der Waals surface area contributed by atoms with E-state index in [2.05, 4.69) is 30.5 Å². The number of piperidine rings is 1. The predicted molar refractivity (Wildman–Crippen MR) is 159 cm³/mol. The molecule has 15 heteroatoms. The molecule has 5 heterocycles. The Labute approximate surface area is 251 Å². The number of carbonyl (C=O) groups excluding carboxylic acids is 2. The number of aromatic amines is 1. The average Bonchev–Trinajstić information content (AvgIpc) is 3.55. The van der Waals surface area contributed by atoms with Crippen molar-refractivity contribution in [2.75, 3.05) is 62.8 Å². The smallest absolute Gasteiger partial charge is 0.350 e. The zero-order chi connectivity index (χ0) is 29.1. The fraction of sp³-hybridized carbons (Fsp3) is 0.500. The van der Waals surface area contributed by atoms with Crippen LogP contribution in [0.5, 0.6) is 0 Å². The average molecular weight is 624 g/mol. The number of H-pyrrole nitrogens is 1. The number of methoxy groups -OCH3 is 1. The molecule has 3 N–H and O–H groups in total. The van der Waals surface area contributed by atoms with Crippen molar-refractivity contribution in [1.82, 2.24) is 30.6 Å². The Kier molecular flexibility index (Phi) is 9.29. The first-order chi connectivity index (χ1) is 19.8. The Morgan fingerprint density at radius 1 is 1.15 bits per heavy atom. The number of aryl methyl sites for hydroxylation is 1. The number of piperazine rings is 1. The third-order valence-corrected chi connectivity index (χ3v) is 9.17. The second kappa shape index (κ2) is 12.9. The molecule has 0 bridgehead atoms. The maximum Gasteiger partial charge on any atom is 0.350 e.